The van der Waals surface area contributed by atoms with E-state index in [9.17, 15) is 9.18 Å². The number of pyridine rings is 3. The summed E-state index contributed by atoms with van der Waals surface area (Å²) in [6.45, 7) is 1.53. The van der Waals surface area contributed by atoms with Gasteiger partial charge in [0.2, 0.25) is 5.91 Å². The number of nitrogens with one attached hydrogen (secondary N) is 4. The number of carbonyl (C=O) groups excluding carboxylic acids is 1. The number of hydrogen-bond donors (Lipinski definition) is 4. The average molecular weight is 604 g/mol. The lowest BCUT2D eigenvalue weighted by molar-refractivity contribution is -0.119. The number of carbonyl (C=O) groups is 1. The van der Waals surface area contributed by atoms with Crippen molar-refractivity contribution in [3.8, 4) is 33.8 Å². The first-order valence-electron chi connectivity index (χ1n) is 15.2. The highest BCUT2D eigenvalue weighted by molar-refractivity contribution is 6.00. The first-order chi connectivity index (χ1) is 21.9. The number of H-pyrrole nitrogens is 2. The fourth-order valence-electron chi connectivity index (χ4n) is 6.01. The van der Waals surface area contributed by atoms with Gasteiger partial charge in [-0.05, 0) is 75.0 Å². The molecule has 0 bridgehead atoms. The summed E-state index contributed by atoms with van der Waals surface area (Å²) in [5, 5.41) is 14.9. The molecule has 1 aliphatic carbocycles. The van der Waals surface area contributed by atoms with Crippen LogP contribution in [0.1, 0.15) is 25.7 Å². The summed E-state index contributed by atoms with van der Waals surface area (Å²) >= 11 is 0. The van der Waals surface area contributed by atoms with Gasteiger partial charge in [-0.1, -0.05) is 12.8 Å². The molecule has 5 heterocycles. The zero-order valence-corrected chi connectivity index (χ0v) is 25.2. The number of amides is 1. The molecule has 0 radical (unpaired) electrons. The SMILES string of the molecule is CN(C)CCNc1cc(F)cc(-c2cncc3[nH]c(-c4n[nH]c5ccc(-c6cncc(NC(=O)C7CCCC7)c6)nc45)cc23)c1. The number of benzene rings is 1. The summed E-state index contributed by atoms with van der Waals surface area (Å²) in [5.41, 5.74) is 8.08. The van der Waals surface area contributed by atoms with E-state index >= 15 is 0 Å². The molecule has 7 rings (SSSR count). The van der Waals surface area contributed by atoms with Crippen molar-refractivity contribution < 1.29 is 9.18 Å². The Hall–Kier alpha value is -5.16. The van der Waals surface area contributed by atoms with Gasteiger partial charge < -0.3 is 20.5 Å². The highest BCUT2D eigenvalue weighted by Crippen LogP contribution is 2.35. The monoisotopic (exact) mass is 603 g/mol. The molecule has 0 spiro atoms. The lowest BCUT2D eigenvalue weighted by atomic mass is 10.0. The predicted octanol–water partition coefficient (Wildman–Crippen LogP) is 6.47. The van der Waals surface area contributed by atoms with E-state index in [0.717, 1.165) is 71.0 Å². The van der Waals surface area contributed by atoms with E-state index in [1.54, 1.807) is 24.8 Å². The molecule has 45 heavy (non-hydrogen) atoms. The van der Waals surface area contributed by atoms with Crippen molar-refractivity contribution in [2.24, 2.45) is 5.92 Å². The fourth-order valence-corrected chi connectivity index (χ4v) is 6.01. The van der Waals surface area contributed by atoms with Gasteiger partial charge in [-0.15, -0.1) is 0 Å². The number of aromatic nitrogens is 6. The second-order valence-electron chi connectivity index (χ2n) is 11.9. The van der Waals surface area contributed by atoms with Crippen LogP contribution in [0.3, 0.4) is 0 Å². The Morgan fingerprint density at radius 1 is 0.956 bits per heavy atom. The van der Waals surface area contributed by atoms with Crippen molar-refractivity contribution in [2.75, 3.05) is 37.8 Å². The lowest BCUT2D eigenvalue weighted by Crippen LogP contribution is -2.20. The number of nitrogens with zero attached hydrogens (tertiary/aromatic N) is 5. The van der Waals surface area contributed by atoms with Crippen molar-refractivity contribution in [1.29, 1.82) is 0 Å². The fraction of sp³-hybridized carbons (Fsp3) is 0.265. The number of fused-ring (bicyclic) bond motifs is 2. The highest BCUT2D eigenvalue weighted by Gasteiger charge is 2.23. The first-order valence-corrected chi connectivity index (χ1v) is 15.2. The van der Waals surface area contributed by atoms with Crippen LogP contribution in [0.25, 0.3) is 55.7 Å². The quantitative estimate of drug-likeness (QED) is 0.149. The van der Waals surface area contributed by atoms with Gasteiger partial charge in [0.05, 0.1) is 40.5 Å². The molecule has 5 aromatic heterocycles. The van der Waals surface area contributed by atoms with E-state index in [1.807, 2.05) is 44.4 Å². The van der Waals surface area contributed by atoms with E-state index in [0.29, 0.717) is 34.8 Å². The molecule has 6 aromatic rings. The van der Waals surface area contributed by atoms with Crippen LogP contribution in [0, 0.1) is 11.7 Å². The maximum absolute atomic E-state index is 14.7. The van der Waals surface area contributed by atoms with Crippen LogP contribution in [-0.2, 0) is 4.79 Å². The third-order valence-electron chi connectivity index (χ3n) is 8.33. The van der Waals surface area contributed by atoms with Crippen LogP contribution >= 0.6 is 0 Å². The Labute approximate surface area is 259 Å². The zero-order chi connectivity index (χ0) is 30.9. The standard InChI is InChI=1S/C34H34FN9O/c1-44(2)10-9-38-24-12-21(11-23(35)14-24)27-18-37-19-31-26(27)15-30(40-31)33-32-29(42-43-33)8-7-28(41-32)22-13-25(17-36-16-22)39-34(45)20-5-3-4-6-20/h7-8,11-20,38,40H,3-6,9-10H2,1-2H3,(H,39,45)(H,42,43). The summed E-state index contributed by atoms with van der Waals surface area (Å²) in [6.07, 6.45) is 11.0. The van der Waals surface area contributed by atoms with Crippen molar-refractivity contribution in [3.05, 3.63) is 73.1 Å². The van der Waals surface area contributed by atoms with Crippen molar-refractivity contribution >= 4 is 39.2 Å². The molecular formula is C34H34FN9O. The Bertz CT molecular complexity index is 2010. The zero-order valence-electron chi connectivity index (χ0n) is 25.2. The molecule has 1 amide bonds. The second kappa shape index (κ2) is 12.1. The van der Waals surface area contributed by atoms with Crippen LogP contribution in [0.2, 0.25) is 0 Å². The van der Waals surface area contributed by atoms with Gasteiger partial charge in [0.25, 0.3) is 0 Å². The molecule has 11 heteroatoms. The van der Waals surface area contributed by atoms with E-state index in [-0.39, 0.29) is 17.6 Å². The molecule has 4 N–H and O–H groups in total. The second-order valence-corrected chi connectivity index (χ2v) is 11.9. The van der Waals surface area contributed by atoms with E-state index in [1.165, 1.54) is 12.1 Å². The first kappa shape index (κ1) is 28.6. The summed E-state index contributed by atoms with van der Waals surface area (Å²) in [7, 11) is 4.00. The summed E-state index contributed by atoms with van der Waals surface area (Å²) < 4.78 is 14.7. The van der Waals surface area contributed by atoms with Crippen molar-refractivity contribution in [2.45, 2.75) is 25.7 Å². The topological polar surface area (TPSA) is 128 Å². The number of halogens is 1. The third-order valence-corrected chi connectivity index (χ3v) is 8.33. The van der Waals surface area contributed by atoms with Crippen LogP contribution in [0.5, 0.6) is 0 Å². The number of anilines is 2. The molecule has 0 aliphatic heterocycles. The molecule has 228 valence electrons. The Morgan fingerprint density at radius 3 is 2.62 bits per heavy atom. The van der Waals surface area contributed by atoms with Crippen LogP contribution < -0.4 is 10.6 Å². The molecule has 1 aliphatic rings. The van der Waals surface area contributed by atoms with Gasteiger partial charge in [-0.2, -0.15) is 5.10 Å². The van der Waals surface area contributed by atoms with Gasteiger partial charge in [0, 0.05) is 53.6 Å². The Balaban J connectivity index is 1.20. The minimum atomic E-state index is -0.320. The minimum absolute atomic E-state index is 0.0507. The molecule has 0 unspecified atom stereocenters. The van der Waals surface area contributed by atoms with E-state index < -0.39 is 0 Å². The molecule has 0 saturated heterocycles. The van der Waals surface area contributed by atoms with Gasteiger partial charge in [-0.25, -0.2) is 9.37 Å². The predicted molar refractivity (Wildman–Crippen MR) is 175 cm³/mol. The van der Waals surface area contributed by atoms with Gasteiger partial charge >= 0.3 is 0 Å². The minimum Gasteiger partial charge on any atom is -0.384 e. The normalized spacial score (nSPS) is 13.7. The van der Waals surface area contributed by atoms with Crippen molar-refractivity contribution in [3.63, 3.8) is 0 Å². The number of likely N-dealkylation sites (N-methyl/N-ethyl adjacent to an activating group) is 1. The summed E-state index contributed by atoms with van der Waals surface area (Å²) in [6, 6.07) is 12.7. The molecule has 1 saturated carbocycles. The van der Waals surface area contributed by atoms with Gasteiger partial charge in [0.1, 0.15) is 17.0 Å². The lowest BCUT2D eigenvalue weighted by Gasteiger charge is -2.13. The van der Waals surface area contributed by atoms with Crippen LogP contribution in [0.15, 0.2) is 67.3 Å². The summed E-state index contributed by atoms with van der Waals surface area (Å²) in [5.74, 6) is -0.203. The molecule has 1 fully saturated rings. The molecule has 10 nitrogen and oxygen atoms in total. The Morgan fingerprint density at radius 2 is 1.78 bits per heavy atom. The van der Waals surface area contributed by atoms with E-state index in [4.69, 9.17) is 4.98 Å². The maximum Gasteiger partial charge on any atom is 0.227 e. The molecule has 0 atom stereocenters. The van der Waals surface area contributed by atoms with Gasteiger partial charge in [0.15, 0.2) is 0 Å². The van der Waals surface area contributed by atoms with Crippen molar-refractivity contribution in [1.82, 2.24) is 35.0 Å². The number of rotatable bonds is 9. The largest absolute Gasteiger partial charge is 0.384 e. The average Bonchev–Trinajstić information content (AvgIpc) is 3.80. The summed E-state index contributed by atoms with van der Waals surface area (Å²) in [4.78, 5) is 32.0. The van der Waals surface area contributed by atoms with Crippen LogP contribution in [-0.4, -0.2) is 68.1 Å². The van der Waals surface area contributed by atoms with Gasteiger partial charge in [-0.3, -0.25) is 19.9 Å². The number of hydrogen-bond acceptors (Lipinski definition) is 7. The van der Waals surface area contributed by atoms with Crippen LogP contribution in [0.4, 0.5) is 15.8 Å². The maximum atomic E-state index is 14.7. The number of aromatic amines is 2. The molecule has 1 aromatic carbocycles. The Kier molecular flexibility index (Phi) is 7.68. The van der Waals surface area contributed by atoms with E-state index in [2.05, 4.69) is 40.7 Å². The molecular weight excluding hydrogens is 569 g/mol. The highest BCUT2D eigenvalue weighted by atomic mass is 19.1. The smallest absolute Gasteiger partial charge is 0.227 e. The third kappa shape index (κ3) is 5.99.